The van der Waals surface area contributed by atoms with Gasteiger partial charge in [0.05, 0.1) is 33.4 Å². The van der Waals surface area contributed by atoms with Gasteiger partial charge in [-0.1, -0.05) is 154 Å². The summed E-state index contributed by atoms with van der Waals surface area (Å²) in [4.78, 5) is 5.29. The predicted molar refractivity (Wildman–Crippen MR) is 359 cm³/mol. The molecule has 4 heteroatoms. The van der Waals surface area contributed by atoms with Crippen LogP contribution in [0.5, 0.6) is 0 Å². The van der Waals surface area contributed by atoms with Crippen molar-refractivity contribution in [2.45, 2.75) is 105 Å². The normalized spacial score (nSPS) is 13.7. The molecule has 2 aromatic heterocycles. The number of benzene rings is 12. The van der Waals surface area contributed by atoms with Crippen molar-refractivity contribution in [2.24, 2.45) is 0 Å². The molecule has 2 aliphatic carbocycles. The van der Waals surface area contributed by atoms with Crippen molar-refractivity contribution in [3.05, 3.63) is 251 Å². The highest BCUT2D eigenvalue weighted by atomic mass is 15.2. The summed E-state index contributed by atoms with van der Waals surface area (Å²) >= 11 is 0. The average molecular weight is 1090 g/mol. The van der Waals surface area contributed by atoms with Gasteiger partial charge in [-0.05, 0) is 223 Å². The molecule has 0 atom stereocenters. The minimum absolute atomic E-state index is 0.258. The summed E-state index contributed by atoms with van der Waals surface area (Å²) in [6.07, 6.45) is 9.31. The van der Waals surface area contributed by atoms with Gasteiger partial charge in [0.2, 0.25) is 0 Å². The Kier molecular flexibility index (Phi) is 11.9. The molecule has 0 bridgehead atoms. The highest BCUT2D eigenvalue weighted by Crippen LogP contribution is 2.53. The quantitative estimate of drug-likeness (QED) is 0.127. The van der Waals surface area contributed by atoms with Crippen LogP contribution in [0.15, 0.2) is 206 Å². The molecular formula is C80H70N4. The van der Waals surface area contributed by atoms with Crippen molar-refractivity contribution in [3.63, 3.8) is 0 Å². The predicted octanol–water partition coefficient (Wildman–Crippen LogP) is 22.3. The van der Waals surface area contributed by atoms with Crippen molar-refractivity contribution in [3.8, 4) is 11.4 Å². The van der Waals surface area contributed by atoms with E-state index in [9.17, 15) is 0 Å². The van der Waals surface area contributed by atoms with Crippen molar-refractivity contribution < 1.29 is 0 Å². The third-order valence-corrected chi connectivity index (χ3v) is 19.3. The molecule has 0 unspecified atom stereocenters. The molecule has 0 aliphatic heterocycles. The molecule has 14 aromatic rings. The van der Waals surface area contributed by atoms with Gasteiger partial charge in [0.15, 0.2) is 0 Å². The number of fused-ring (bicyclic) bond motifs is 8. The summed E-state index contributed by atoms with van der Waals surface area (Å²) in [7, 11) is 0. The molecule has 16 rings (SSSR count). The van der Waals surface area contributed by atoms with Crippen molar-refractivity contribution in [1.82, 2.24) is 9.13 Å². The lowest BCUT2D eigenvalue weighted by Gasteiger charge is -2.33. The van der Waals surface area contributed by atoms with Crippen molar-refractivity contribution in [1.29, 1.82) is 0 Å². The van der Waals surface area contributed by atoms with Crippen molar-refractivity contribution >= 4 is 110 Å². The number of para-hydroxylation sites is 2. The van der Waals surface area contributed by atoms with Crippen LogP contribution in [0.4, 0.5) is 34.1 Å². The number of aromatic nitrogens is 2. The van der Waals surface area contributed by atoms with E-state index in [0.29, 0.717) is 0 Å². The van der Waals surface area contributed by atoms with E-state index in [1.54, 1.807) is 0 Å². The van der Waals surface area contributed by atoms with Gasteiger partial charge in [0.25, 0.3) is 0 Å². The van der Waals surface area contributed by atoms with Crippen LogP contribution in [0.1, 0.15) is 110 Å². The molecule has 410 valence electrons. The van der Waals surface area contributed by atoms with Gasteiger partial charge in [-0.25, -0.2) is 0 Å². The third kappa shape index (κ3) is 7.93. The van der Waals surface area contributed by atoms with E-state index >= 15 is 0 Å². The summed E-state index contributed by atoms with van der Waals surface area (Å²) in [6, 6.07) is 80.1. The van der Waals surface area contributed by atoms with Gasteiger partial charge in [0.1, 0.15) is 0 Å². The van der Waals surface area contributed by atoms with Crippen LogP contribution in [0, 0.1) is 13.8 Å². The Morgan fingerprint density at radius 2 is 0.762 bits per heavy atom. The first-order chi connectivity index (χ1) is 41.1. The third-order valence-electron chi connectivity index (χ3n) is 19.3. The SMILES string of the molecule is Cc1ccc(-n2c3ccccc3c3ccc(N(c4ccc5c(c4)CCCC5)c4cc(C(C)C)c5ccc6c(N(c7ccc8c9ccccc9n(-c9ccc(C)cc9)c8c7)c7cccc8c7CCCC8)cc(C(C)C)c7ccc4c5c76)cc32)cc1. The molecule has 84 heavy (non-hydrogen) atoms. The van der Waals surface area contributed by atoms with Crippen LogP contribution in [0.3, 0.4) is 0 Å². The molecule has 0 spiro atoms. The fourth-order valence-corrected chi connectivity index (χ4v) is 15.1. The number of nitrogens with zero attached hydrogens (tertiary/aromatic N) is 4. The van der Waals surface area contributed by atoms with E-state index in [2.05, 4.69) is 267 Å². The van der Waals surface area contributed by atoms with E-state index in [4.69, 9.17) is 0 Å². The second kappa shape index (κ2) is 19.8. The molecule has 2 heterocycles. The van der Waals surface area contributed by atoms with Crippen LogP contribution in [0.25, 0.3) is 87.3 Å². The highest BCUT2D eigenvalue weighted by Gasteiger charge is 2.29. The molecule has 0 saturated heterocycles. The van der Waals surface area contributed by atoms with Crippen LogP contribution in [-0.2, 0) is 25.7 Å². The Hall–Kier alpha value is -9.12. The molecule has 0 N–H and O–H groups in total. The molecule has 0 saturated carbocycles. The molecule has 12 aromatic carbocycles. The fraction of sp³-hybridized carbons (Fsp3) is 0.200. The molecule has 0 radical (unpaired) electrons. The Labute approximate surface area is 493 Å². The van der Waals surface area contributed by atoms with Gasteiger partial charge in [-0.3, -0.25) is 0 Å². The summed E-state index contributed by atoms with van der Waals surface area (Å²) in [5, 5.41) is 13.0. The second-order valence-electron chi connectivity index (χ2n) is 25.1. The van der Waals surface area contributed by atoms with Gasteiger partial charge < -0.3 is 18.9 Å². The van der Waals surface area contributed by atoms with E-state index in [1.807, 2.05) is 0 Å². The van der Waals surface area contributed by atoms with Crippen molar-refractivity contribution in [2.75, 3.05) is 9.80 Å². The first-order valence-electron chi connectivity index (χ1n) is 31.0. The maximum absolute atomic E-state index is 2.67. The maximum atomic E-state index is 2.67. The fourth-order valence-electron chi connectivity index (χ4n) is 15.1. The number of aryl methyl sites for hydroxylation is 5. The summed E-state index contributed by atoms with van der Waals surface area (Å²) in [5.74, 6) is 0.517. The average Bonchev–Trinajstić information content (AvgIpc) is 2.13. The second-order valence-corrected chi connectivity index (χ2v) is 25.1. The number of hydrogen-bond acceptors (Lipinski definition) is 2. The summed E-state index contributed by atoms with van der Waals surface area (Å²) < 4.78 is 4.96. The number of anilines is 6. The van der Waals surface area contributed by atoms with Gasteiger partial charge >= 0.3 is 0 Å². The largest absolute Gasteiger partial charge is 0.310 e. The molecular weight excluding hydrogens is 1020 g/mol. The Bertz CT molecular complexity index is 4930. The van der Waals surface area contributed by atoms with E-state index < -0.39 is 0 Å². The summed E-state index contributed by atoms with van der Waals surface area (Å²) in [5.41, 5.74) is 25.6. The zero-order chi connectivity index (χ0) is 56.5. The van der Waals surface area contributed by atoms with E-state index in [-0.39, 0.29) is 11.8 Å². The number of rotatable bonds is 10. The van der Waals surface area contributed by atoms with Crippen LogP contribution in [0.2, 0.25) is 0 Å². The first-order valence-corrected chi connectivity index (χ1v) is 31.0. The minimum Gasteiger partial charge on any atom is -0.310 e. The minimum atomic E-state index is 0.258. The monoisotopic (exact) mass is 1090 g/mol. The zero-order valence-corrected chi connectivity index (χ0v) is 49.2. The van der Waals surface area contributed by atoms with Crippen LogP contribution >= 0.6 is 0 Å². The molecule has 0 amide bonds. The topological polar surface area (TPSA) is 16.3 Å². The van der Waals surface area contributed by atoms with Crippen LogP contribution < -0.4 is 9.80 Å². The van der Waals surface area contributed by atoms with E-state index in [0.717, 1.165) is 31.4 Å². The standard InChI is InChI=1S/C80H70N4/c1-49(2)70-47-77(81(58-35-30-53-16-7-8-18-55(53)44-58)59-36-38-64-62-21-11-13-23-73(62)82(75(64)45-59)56-31-26-51(5)27-32-56)68-42-40-67-71(50(3)4)48-78(69-43-41-66(70)79(68)80(67)69)84(72-25-15-19-54-17-9-10-20-61(54)72)60-37-39-65-63-22-12-14-24-74(63)83(76(65)46-60)57-33-28-52(6)29-34-57/h11-15,19,21-50H,7-10,16-18,20H2,1-6H3. The summed E-state index contributed by atoms with van der Waals surface area (Å²) in [6.45, 7) is 13.9. The molecule has 4 nitrogen and oxygen atoms in total. The zero-order valence-electron chi connectivity index (χ0n) is 49.2. The van der Waals surface area contributed by atoms with Gasteiger partial charge in [0, 0.05) is 66.4 Å². The molecule has 2 aliphatic rings. The Balaban J connectivity index is 0.992. The Morgan fingerprint density at radius 1 is 0.321 bits per heavy atom. The maximum Gasteiger partial charge on any atom is 0.0561 e. The lowest BCUT2D eigenvalue weighted by molar-refractivity contribution is 0.685. The lowest BCUT2D eigenvalue weighted by atomic mass is 9.83. The lowest BCUT2D eigenvalue weighted by Crippen LogP contribution is -2.16. The van der Waals surface area contributed by atoms with E-state index in [1.165, 1.54) is 186 Å². The van der Waals surface area contributed by atoms with Crippen LogP contribution in [-0.4, -0.2) is 9.13 Å². The first kappa shape index (κ1) is 50.6. The molecule has 0 fully saturated rings. The number of hydrogen-bond donors (Lipinski definition) is 0. The highest BCUT2D eigenvalue weighted by molar-refractivity contribution is 6.30. The van der Waals surface area contributed by atoms with Gasteiger partial charge in [-0.2, -0.15) is 0 Å². The smallest absolute Gasteiger partial charge is 0.0561 e. The van der Waals surface area contributed by atoms with Gasteiger partial charge in [-0.15, -0.1) is 0 Å². The Morgan fingerprint density at radius 3 is 1.32 bits per heavy atom.